The maximum absolute atomic E-state index is 12.9. The first-order valence-corrected chi connectivity index (χ1v) is 8.08. The van der Waals surface area contributed by atoms with Crippen molar-refractivity contribution in [2.75, 3.05) is 32.6 Å². The van der Waals surface area contributed by atoms with E-state index in [1.54, 1.807) is 11.2 Å². The molecule has 1 heterocycles. The van der Waals surface area contributed by atoms with E-state index < -0.39 is 23.5 Å². The summed E-state index contributed by atoms with van der Waals surface area (Å²) in [5, 5.41) is 0.353. The summed E-state index contributed by atoms with van der Waals surface area (Å²) in [5.74, 6) is 0. The van der Waals surface area contributed by atoms with Gasteiger partial charge in [0.05, 0.1) is 30.0 Å². The molecule has 0 aromatic heterocycles. The molecule has 3 nitrogen and oxygen atoms in total. The number of halogens is 7. The Kier molecular flexibility index (Phi) is 7.87. The van der Waals surface area contributed by atoms with Crippen LogP contribution in [0.4, 0.5) is 32.0 Å². The molecule has 11 heteroatoms. The lowest BCUT2D eigenvalue weighted by atomic mass is 10.1. The smallest absolute Gasteiger partial charge is 0.378 e. The molecular formula is C14H15F6IN2OS. The summed E-state index contributed by atoms with van der Waals surface area (Å²) in [7, 11) is 0. The van der Waals surface area contributed by atoms with Gasteiger partial charge in [0.25, 0.3) is 0 Å². The molecule has 2 rings (SSSR count). The van der Waals surface area contributed by atoms with Crippen LogP contribution < -0.4 is 0 Å². The topological polar surface area (TPSA) is 24.8 Å². The molecule has 1 aromatic carbocycles. The van der Waals surface area contributed by atoms with Crippen molar-refractivity contribution in [3.8, 4) is 0 Å². The molecule has 1 aliphatic heterocycles. The third kappa shape index (κ3) is 6.20. The highest BCUT2D eigenvalue weighted by atomic mass is 127. The second kappa shape index (κ2) is 8.80. The molecule has 0 saturated carbocycles. The molecular weight excluding hydrogens is 485 g/mol. The van der Waals surface area contributed by atoms with Gasteiger partial charge in [0.15, 0.2) is 5.17 Å². The fourth-order valence-corrected chi connectivity index (χ4v) is 2.75. The monoisotopic (exact) mass is 500 g/mol. The van der Waals surface area contributed by atoms with Crippen LogP contribution in [0, 0.1) is 0 Å². The third-order valence-corrected chi connectivity index (χ3v) is 3.98. The normalized spacial score (nSPS) is 16.6. The van der Waals surface area contributed by atoms with Crippen molar-refractivity contribution in [1.82, 2.24) is 4.90 Å². The lowest BCUT2D eigenvalue weighted by Gasteiger charge is -2.28. The highest BCUT2D eigenvalue weighted by Gasteiger charge is 2.37. The van der Waals surface area contributed by atoms with Crippen LogP contribution in [0.5, 0.6) is 0 Å². The molecule has 25 heavy (non-hydrogen) atoms. The number of hydrogen-bond acceptors (Lipinski definition) is 3. The second-order valence-electron chi connectivity index (χ2n) is 4.96. The Balaban J connectivity index is 0.00000312. The van der Waals surface area contributed by atoms with Crippen molar-refractivity contribution >= 4 is 46.6 Å². The summed E-state index contributed by atoms with van der Waals surface area (Å²) in [5.41, 5.74) is -3.13. The lowest BCUT2D eigenvalue weighted by Crippen LogP contribution is -2.39. The van der Waals surface area contributed by atoms with Crippen molar-refractivity contribution in [2.24, 2.45) is 4.99 Å². The minimum absolute atomic E-state index is 0. The van der Waals surface area contributed by atoms with E-state index in [9.17, 15) is 26.3 Å². The quantitative estimate of drug-likeness (QED) is 0.234. The van der Waals surface area contributed by atoms with Gasteiger partial charge in [0.1, 0.15) is 0 Å². The van der Waals surface area contributed by atoms with Crippen molar-refractivity contribution in [2.45, 2.75) is 12.4 Å². The predicted molar refractivity (Wildman–Crippen MR) is 94.9 cm³/mol. The molecule has 0 atom stereocenters. The van der Waals surface area contributed by atoms with Crippen molar-refractivity contribution < 1.29 is 31.1 Å². The summed E-state index contributed by atoms with van der Waals surface area (Å²) >= 11 is 1.16. The first-order valence-electron chi connectivity index (χ1n) is 6.86. The van der Waals surface area contributed by atoms with Crippen LogP contribution in [0.3, 0.4) is 0 Å². The number of alkyl halides is 6. The molecule has 0 amide bonds. The Bertz CT molecular complexity index is 582. The number of benzene rings is 1. The van der Waals surface area contributed by atoms with E-state index in [1.165, 1.54) is 0 Å². The van der Waals surface area contributed by atoms with Crippen molar-refractivity contribution in [3.05, 3.63) is 29.3 Å². The zero-order valence-electron chi connectivity index (χ0n) is 12.9. The number of aliphatic imine (C=N–C) groups is 1. The number of thioether (sulfide) groups is 1. The first-order chi connectivity index (χ1) is 11.1. The first kappa shape index (κ1) is 22.4. The van der Waals surface area contributed by atoms with Crippen LogP contribution in [0.1, 0.15) is 11.1 Å². The average molecular weight is 500 g/mol. The molecule has 142 valence electrons. The SMILES string of the molecule is CSC(=Nc1cc(C(F)(F)F)cc(C(F)(F)F)c1)N1CCOCC1.I. The Morgan fingerprint density at radius 2 is 1.48 bits per heavy atom. The number of hydrogen-bond donors (Lipinski definition) is 0. The van der Waals surface area contributed by atoms with Gasteiger partial charge in [-0.2, -0.15) is 26.3 Å². The maximum Gasteiger partial charge on any atom is 0.416 e. The van der Waals surface area contributed by atoms with Crippen LogP contribution in [0.2, 0.25) is 0 Å². The molecule has 0 radical (unpaired) electrons. The summed E-state index contributed by atoms with van der Waals surface area (Å²) in [6, 6.07) is 1.32. The summed E-state index contributed by atoms with van der Waals surface area (Å²) < 4.78 is 82.3. The Hall–Kier alpha value is -0.690. The van der Waals surface area contributed by atoms with Gasteiger partial charge in [-0.25, -0.2) is 4.99 Å². The van der Waals surface area contributed by atoms with Gasteiger partial charge in [0.2, 0.25) is 0 Å². The highest BCUT2D eigenvalue weighted by Crippen LogP contribution is 2.38. The van der Waals surface area contributed by atoms with Gasteiger partial charge in [-0.15, -0.1) is 24.0 Å². The van der Waals surface area contributed by atoms with Crippen LogP contribution in [0.25, 0.3) is 0 Å². The van der Waals surface area contributed by atoms with E-state index in [-0.39, 0.29) is 35.7 Å². The third-order valence-electron chi connectivity index (χ3n) is 3.26. The zero-order valence-corrected chi connectivity index (χ0v) is 16.1. The Morgan fingerprint density at radius 3 is 1.88 bits per heavy atom. The highest BCUT2D eigenvalue weighted by molar-refractivity contribution is 14.0. The van der Waals surface area contributed by atoms with Crippen LogP contribution in [-0.4, -0.2) is 42.6 Å². The van der Waals surface area contributed by atoms with Gasteiger partial charge in [-0.3, -0.25) is 0 Å². The van der Waals surface area contributed by atoms with Crippen LogP contribution >= 0.6 is 35.7 Å². The van der Waals surface area contributed by atoms with E-state index in [0.717, 1.165) is 11.8 Å². The standard InChI is InChI=1S/C14H14F6N2OS.HI/c1-24-12(22-2-4-23-5-3-22)21-11-7-9(13(15,16)17)6-10(8-11)14(18,19)20;/h6-8H,2-5H2,1H3;1H. The van der Waals surface area contributed by atoms with E-state index in [2.05, 4.69) is 4.99 Å². The van der Waals surface area contributed by atoms with Gasteiger partial charge in [-0.1, -0.05) is 11.8 Å². The lowest BCUT2D eigenvalue weighted by molar-refractivity contribution is -0.143. The van der Waals surface area contributed by atoms with E-state index in [4.69, 9.17) is 4.74 Å². The van der Waals surface area contributed by atoms with E-state index in [1.807, 2.05) is 0 Å². The van der Waals surface area contributed by atoms with Gasteiger partial charge >= 0.3 is 12.4 Å². The number of nitrogens with zero attached hydrogens (tertiary/aromatic N) is 2. The van der Waals surface area contributed by atoms with E-state index in [0.29, 0.717) is 43.6 Å². The minimum Gasteiger partial charge on any atom is -0.378 e. The molecule has 0 spiro atoms. The molecule has 1 fully saturated rings. The number of morpholine rings is 1. The van der Waals surface area contributed by atoms with Crippen LogP contribution in [-0.2, 0) is 17.1 Å². The molecule has 1 saturated heterocycles. The fourth-order valence-electron chi connectivity index (χ4n) is 2.11. The molecule has 0 unspecified atom stereocenters. The summed E-state index contributed by atoms with van der Waals surface area (Å²) in [6.45, 7) is 1.81. The molecule has 0 aliphatic carbocycles. The molecule has 1 aromatic rings. The maximum atomic E-state index is 12.9. The van der Waals surface area contributed by atoms with Crippen LogP contribution in [0.15, 0.2) is 23.2 Å². The second-order valence-corrected chi connectivity index (χ2v) is 5.74. The summed E-state index contributed by atoms with van der Waals surface area (Å²) in [6.07, 6.45) is -8.11. The molecule has 0 N–H and O–H groups in total. The Morgan fingerprint density at radius 1 is 1.00 bits per heavy atom. The zero-order chi connectivity index (χ0) is 18.0. The predicted octanol–water partition coefficient (Wildman–Crippen LogP) is 5.02. The number of ether oxygens (including phenoxy) is 1. The largest absolute Gasteiger partial charge is 0.416 e. The Labute approximate surface area is 161 Å². The van der Waals surface area contributed by atoms with Gasteiger partial charge in [-0.05, 0) is 24.5 Å². The molecule has 1 aliphatic rings. The van der Waals surface area contributed by atoms with Gasteiger partial charge < -0.3 is 9.64 Å². The average Bonchev–Trinajstić information content (AvgIpc) is 2.51. The van der Waals surface area contributed by atoms with Crippen molar-refractivity contribution in [3.63, 3.8) is 0 Å². The minimum atomic E-state index is -4.88. The van der Waals surface area contributed by atoms with E-state index >= 15 is 0 Å². The molecule has 0 bridgehead atoms. The number of rotatable bonds is 1. The number of amidine groups is 1. The van der Waals surface area contributed by atoms with Gasteiger partial charge in [0, 0.05) is 13.1 Å². The van der Waals surface area contributed by atoms with Crippen molar-refractivity contribution in [1.29, 1.82) is 0 Å². The fraction of sp³-hybridized carbons (Fsp3) is 0.500. The summed E-state index contributed by atoms with van der Waals surface area (Å²) in [4.78, 5) is 5.76.